The number of ether oxygens (including phenoxy) is 1. The number of benzene rings is 1. The second-order valence-corrected chi connectivity index (χ2v) is 5.41. The van der Waals surface area contributed by atoms with E-state index >= 15 is 0 Å². The Hall–Kier alpha value is -2.23. The summed E-state index contributed by atoms with van der Waals surface area (Å²) in [6.45, 7) is 5.83. The SMILES string of the molecule is CCOC(=O)C1C(C)=NC2=C(C(=O)c3ccccc32)[C@@H]1C. The van der Waals surface area contributed by atoms with Crippen molar-refractivity contribution in [3.63, 3.8) is 0 Å². The average molecular weight is 283 g/mol. The number of carbonyl (C=O) groups is 2. The van der Waals surface area contributed by atoms with E-state index in [1.54, 1.807) is 6.92 Å². The van der Waals surface area contributed by atoms with E-state index in [0.29, 0.717) is 23.5 Å². The Balaban J connectivity index is 2.07. The highest BCUT2D eigenvalue weighted by molar-refractivity contribution is 6.23. The zero-order chi connectivity index (χ0) is 15.1. The molecular weight excluding hydrogens is 266 g/mol. The number of hydrogen-bond acceptors (Lipinski definition) is 4. The number of nitrogens with zero attached hydrogens (tertiary/aromatic N) is 1. The molecule has 21 heavy (non-hydrogen) atoms. The second-order valence-electron chi connectivity index (χ2n) is 5.41. The van der Waals surface area contributed by atoms with E-state index in [2.05, 4.69) is 4.99 Å². The molecule has 1 aromatic rings. The number of aliphatic imine (C=N–C) groups is 1. The highest BCUT2D eigenvalue weighted by Crippen LogP contribution is 2.43. The summed E-state index contributed by atoms with van der Waals surface area (Å²) in [5.41, 5.74) is 3.62. The minimum Gasteiger partial charge on any atom is -0.465 e. The lowest BCUT2D eigenvalue weighted by Crippen LogP contribution is -2.34. The summed E-state index contributed by atoms with van der Waals surface area (Å²) in [5.74, 6) is -1.00. The van der Waals surface area contributed by atoms with Crippen LogP contribution in [-0.2, 0) is 9.53 Å². The number of carbonyl (C=O) groups excluding carboxylic acids is 2. The van der Waals surface area contributed by atoms with Crippen LogP contribution >= 0.6 is 0 Å². The van der Waals surface area contributed by atoms with Gasteiger partial charge in [0.2, 0.25) is 0 Å². The van der Waals surface area contributed by atoms with Crippen LogP contribution in [0.1, 0.15) is 36.7 Å². The molecule has 0 aromatic heterocycles. The van der Waals surface area contributed by atoms with Gasteiger partial charge < -0.3 is 4.74 Å². The highest BCUT2D eigenvalue weighted by Gasteiger charge is 2.42. The maximum Gasteiger partial charge on any atom is 0.315 e. The van der Waals surface area contributed by atoms with E-state index in [-0.39, 0.29) is 17.7 Å². The summed E-state index contributed by atoms with van der Waals surface area (Å²) in [7, 11) is 0. The topological polar surface area (TPSA) is 55.7 Å². The van der Waals surface area contributed by atoms with Crippen LogP contribution in [0.5, 0.6) is 0 Å². The summed E-state index contributed by atoms with van der Waals surface area (Å²) in [6.07, 6.45) is 0. The van der Waals surface area contributed by atoms with E-state index in [1.807, 2.05) is 38.1 Å². The Morgan fingerprint density at radius 1 is 1.29 bits per heavy atom. The van der Waals surface area contributed by atoms with Gasteiger partial charge in [-0.1, -0.05) is 31.2 Å². The second kappa shape index (κ2) is 4.95. The van der Waals surface area contributed by atoms with Crippen molar-refractivity contribution in [2.75, 3.05) is 6.61 Å². The molecule has 2 atom stereocenters. The van der Waals surface area contributed by atoms with Crippen LogP contribution in [0.3, 0.4) is 0 Å². The van der Waals surface area contributed by atoms with E-state index in [4.69, 9.17) is 4.74 Å². The molecular formula is C17H17NO3. The zero-order valence-corrected chi connectivity index (χ0v) is 12.3. The third-order valence-corrected chi connectivity index (χ3v) is 4.16. The van der Waals surface area contributed by atoms with Crippen LogP contribution in [0, 0.1) is 11.8 Å². The summed E-state index contributed by atoms with van der Waals surface area (Å²) in [4.78, 5) is 29.3. The van der Waals surface area contributed by atoms with Gasteiger partial charge in [0.1, 0.15) is 5.92 Å². The van der Waals surface area contributed by atoms with Crippen LogP contribution in [0.2, 0.25) is 0 Å². The summed E-state index contributed by atoms with van der Waals surface area (Å²) < 4.78 is 5.13. The Kier molecular flexibility index (Phi) is 3.24. The predicted molar refractivity (Wildman–Crippen MR) is 80.1 cm³/mol. The number of Topliss-reactive ketones (excluding diaryl/α,β-unsaturated/α-hetero) is 1. The van der Waals surface area contributed by atoms with Gasteiger partial charge in [0.15, 0.2) is 5.78 Å². The molecule has 108 valence electrons. The van der Waals surface area contributed by atoms with Crippen molar-refractivity contribution in [2.24, 2.45) is 16.8 Å². The largest absolute Gasteiger partial charge is 0.465 e. The maximum atomic E-state index is 12.6. The number of esters is 1. The van der Waals surface area contributed by atoms with Crippen molar-refractivity contribution < 1.29 is 14.3 Å². The molecule has 1 aliphatic heterocycles. The van der Waals surface area contributed by atoms with Crippen molar-refractivity contribution in [3.05, 3.63) is 41.0 Å². The highest BCUT2D eigenvalue weighted by atomic mass is 16.5. The molecule has 0 saturated heterocycles. The molecule has 3 rings (SSSR count). The molecule has 1 aromatic carbocycles. The normalized spacial score (nSPS) is 23.6. The van der Waals surface area contributed by atoms with Gasteiger partial charge in [-0.05, 0) is 13.8 Å². The van der Waals surface area contributed by atoms with Gasteiger partial charge >= 0.3 is 5.97 Å². The fourth-order valence-electron chi connectivity index (χ4n) is 3.21. The molecule has 0 amide bonds. The summed E-state index contributed by atoms with van der Waals surface area (Å²) in [6, 6.07) is 7.46. The molecule has 0 bridgehead atoms. The quantitative estimate of drug-likeness (QED) is 0.784. The lowest BCUT2D eigenvalue weighted by atomic mass is 9.80. The fourth-order valence-corrected chi connectivity index (χ4v) is 3.21. The first-order valence-electron chi connectivity index (χ1n) is 7.16. The van der Waals surface area contributed by atoms with E-state index in [9.17, 15) is 9.59 Å². The molecule has 2 aliphatic rings. The third-order valence-electron chi connectivity index (χ3n) is 4.16. The summed E-state index contributed by atoms with van der Waals surface area (Å²) in [5, 5.41) is 0. The number of ketones is 1. The number of fused-ring (bicyclic) bond motifs is 2. The molecule has 0 fully saturated rings. The monoisotopic (exact) mass is 283 g/mol. The van der Waals surface area contributed by atoms with E-state index in [1.165, 1.54) is 0 Å². The van der Waals surface area contributed by atoms with Crippen molar-refractivity contribution in [1.29, 1.82) is 0 Å². The molecule has 0 radical (unpaired) electrons. The van der Waals surface area contributed by atoms with Gasteiger partial charge in [0.05, 0.1) is 12.3 Å². The van der Waals surface area contributed by atoms with Crippen LogP contribution in [-0.4, -0.2) is 24.1 Å². The molecule has 0 spiro atoms. The first kappa shape index (κ1) is 13.7. The molecule has 1 heterocycles. The Bertz CT molecular complexity index is 700. The lowest BCUT2D eigenvalue weighted by molar-refractivity contribution is -0.146. The van der Waals surface area contributed by atoms with Gasteiger partial charge in [-0.2, -0.15) is 0 Å². The van der Waals surface area contributed by atoms with E-state index in [0.717, 1.165) is 11.3 Å². The lowest BCUT2D eigenvalue weighted by Gasteiger charge is -2.27. The number of rotatable bonds is 2. The first-order valence-corrected chi connectivity index (χ1v) is 7.16. The molecule has 1 aliphatic carbocycles. The smallest absolute Gasteiger partial charge is 0.315 e. The number of allylic oxidation sites excluding steroid dienone is 1. The average Bonchev–Trinajstić information content (AvgIpc) is 2.73. The van der Waals surface area contributed by atoms with Crippen molar-refractivity contribution in [3.8, 4) is 0 Å². The minimum atomic E-state index is -0.470. The van der Waals surface area contributed by atoms with Crippen LogP contribution in [0.15, 0.2) is 34.8 Å². The summed E-state index contributed by atoms with van der Waals surface area (Å²) >= 11 is 0. The van der Waals surface area contributed by atoms with Gasteiger partial charge in [-0.15, -0.1) is 0 Å². The number of hydrogen-bond donors (Lipinski definition) is 0. The molecule has 0 N–H and O–H groups in total. The molecule has 1 unspecified atom stereocenters. The minimum absolute atomic E-state index is 0.0151. The van der Waals surface area contributed by atoms with Crippen LogP contribution in [0.25, 0.3) is 5.70 Å². The Morgan fingerprint density at radius 2 is 1.95 bits per heavy atom. The van der Waals surface area contributed by atoms with Gasteiger partial charge in [-0.3, -0.25) is 14.6 Å². The Labute approximate surface area is 123 Å². The van der Waals surface area contributed by atoms with Gasteiger partial charge in [0.25, 0.3) is 0 Å². The van der Waals surface area contributed by atoms with Crippen molar-refractivity contribution in [1.82, 2.24) is 0 Å². The van der Waals surface area contributed by atoms with Crippen molar-refractivity contribution in [2.45, 2.75) is 20.8 Å². The molecule has 4 nitrogen and oxygen atoms in total. The maximum absolute atomic E-state index is 12.6. The third kappa shape index (κ3) is 1.94. The molecule has 0 saturated carbocycles. The standard InChI is InChI=1S/C17H17NO3/c1-4-21-17(20)13-9(2)14-15(18-10(13)3)11-7-5-6-8-12(11)16(14)19/h5-9,13H,4H2,1-3H3/t9-,13?/m1/s1. The van der Waals surface area contributed by atoms with Gasteiger partial charge in [0, 0.05) is 28.3 Å². The van der Waals surface area contributed by atoms with Crippen molar-refractivity contribution >= 4 is 23.2 Å². The van der Waals surface area contributed by atoms with E-state index < -0.39 is 5.92 Å². The Morgan fingerprint density at radius 3 is 2.62 bits per heavy atom. The van der Waals surface area contributed by atoms with Crippen LogP contribution in [0.4, 0.5) is 0 Å². The van der Waals surface area contributed by atoms with Crippen LogP contribution < -0.4 is 0 Å². The zero-order valence-electron chi connectivity index (χ0n) is 12.3. The first-order chi connectivity index (χ1) is 10.1. The molecule has 4 heteroatoms. The predicted octanol–water partition coefficient (Wildman–Crippen LogP) is 2.88. The fraction of sp³-hybridized carbons (Fsp3) is 0.353. The van der Waals surface area contributed by atoms with Gasteiger partial charge in [-0.25, -0.2) is 0 Å².